The van der Waals surface area contributed by atoms with E-state index in [1.54, 1.807) is 11.3 Å². The van der Waals surface area contributed by atoms with Crippen LogP contribution in [-0.2, 0) is 13.0 Å². The predicted octanol–water partition coefficient (Wildman–Crippen LogP) is 3.24. The monoisotopic (exact) mass is 375 g/mol. The van der Waals surface area contributed by atoms with E-state index in [4.69, 9.17) is 4.74 Å². The summed E-state index contributed by atoms with van der Waals surface area (Å²) in [6.07, 6.45) is 3.69. The van der Waals surface area contributed by atoms with Gasteiger partial charge in [0, 0.05) is 36.7 Å². The Morgan fingerprint density at radius 3 is 2.69 bits per heavy atom. The Kier molecular flexibility index (Phi) is 8.34. The van der Waals surface area contributed by atoms with E-state index in [2.05, 4.69) is 53.3 Å². The number of guanidine groups is 1. The van der Waals surface area contributed by atoms with E-state index >= 15 is 0 Å². The molecule has 26 heavy (non-hydrogen) atoms. The topological polar surface area (TPSA) is 71.4 Å². The van der Waals surface area contributed by atoms with Crippen molar-refractivity contribution in [3.63, 3.8) is 0 Å². The molecule has 0 saturated heterocycles. The number of aromatic nitrogens is 2. The first kappa shape index (κ1) is 20.2. The highest BCUT2D eigenvalue weighted by molar-refractivity contribution is 7.11. The van der Waals surface area contributed by atoms with Crippen molar-refractivity contribution in [1.82, 2.24) is 20.6 Å². The van der Waals surface area contributed by atoms with Gasteiger partial charge in [-0.25, -0.2) is 15.0 Å². The molecular weight excluding hydrogens is 346 g/mol. The van der Waals surface area contributed by atoms with Gasteiger partial charge < -0.3 is 15.4 Å². The maximum atomic E-state index is 5.50. The molecule has 7 heteroatoms. The van der Waals surface area contributed by atoms with Crippen LogP contribution in [0, 0.1) is 13.8 Å². The van der Waals surface area contributed by atoms with E-state index in [0.29, 0.717) is 19.0 Å². The first-order valence-corrected chi connectivity index (χ1v) is 9.96. The number of nitrogens with one attached hydrogen (secondary N) is 2. The third-order valence-corrected chi connectivity index (χ3v) is 4.85. The van der Waals surface area contributed by atoms with Gasteiger partial charge in [-0.2, -0.15) is 0 Å². The molecular formula is C19H29N5OS. The summed E-state index contributed by atoms with van der Waals surface area (Å²) in [5, 5.41) is 7.80. The van der Waals surface area contributed by atoms with Crippen LogP contribution >= 0.6 is 11.3 Å². The predicted molar refractivity (Wildman–Crippen MR) is 108 cm³/mol. The Balaban J connectivity index is 1.85. The Morgan fingerprint density at radius 1 is 1.23 bits per heavy atom. The van der Waals surface area contributed by atoms with E-state index in [9.17, 15) is 0 Å². The van der Waals surface area contributed by atoms with Crippen molar-refractivity contribution >= 4 is 17.3 Å². The number of aryl methyl sites for hydroxylation is 2. The molecule has 0 aliphatic heterocycles. The average Bonchev–Trinajstić information content (AvgIpc) is 2.96. The fourth-order valence-electron chi connectivity index (χ4n) is 2.24. The largest absolute Gasteiger partial charge is 0.478 e. The summed E-state index contributed by atoms with van der Waals surface area (Å²) in [5.41, 5.74) is 2.18. The van der Waals surface area contributed by atoms with Gasteiger partial charge in [0.1, 0.15) is 0 Å². The minimum Gasteiger partial charge on any atom is -0.478 e. The quantitative estimate of drug-likeness (QED) is 0.520. The highest BCUT2D eigenvalue weighted by Crippen LogP contribution is 2.16. The number of thiazole rings is 1. The molecule has 6 nitrogen and oxygen atoms in total. The van der Waals surface area contributed by atoms with Crippen LogP contribution < -0.4 is 15.4 Å². The Morgan fingerprint density at radius 2 is 2.08 bits per heavy atom. The van der Waals surface area contributed by atoms with E-state index in [-0.39, 0.29) is 0 Å². The normalized spacial score (nSPS) is 11.5. The van der Waals surface area contributed by atoms with Crippen LogP contribution in [0.1, 0.15) is 41.4 Å². The fraction of sp³-hybridized carbons (Fsp3) is 0.526. The van der Waals surface area contributed by atoms with Gasteiger partial charge in [-0.1, -0.05) is 13.0 Å². The lowest BCUT2D eigenvalue weighted by Gasteiger charge is -2.10. The van der Waals surface area contributed by atoms with Gasteiger partial charge in [-0.15, -0.1) is 11.3 Å². The van der Waals surface area contributed by atoms with E-state index in [0.717, 1.165) is 48.2 Å². The zero-order chi connectivity index (χ0) is 18.8. The first-order chi connectivity index (χ1) is 12.6. The van der Waals surface area contributed by atoms with Gasteiger partial charge in [-0.3, -0.25) is 0 Å². The SMILES string of the molecule is CCCOc1ccc(CN=C(NCC)NCCc2nc(C)c(C)s2)cn1. The van der Waals surface area contributed by atoms with Crippen molar-refractivity contribution in [1.29, 1.82) is 0 Å². The second kappa shape index (κ2) is 10.8. The lowest BCUT2D eigenvalue weighted by atomic mass is 10.3. The Bertz CT molecular complexity index is 677. The zero-order valence-electron chi connectivity index (χ0n) is 16.1. The summed E-state index contributed by atoms with van der Waals surface area (Å²) in [4.78, 5) is 14.8. The van der Waals surface area contributed by atoms with Crippen LogP contribution in [0.15, 0.2) is 23.3 Å². The lowest BCUT2D eigenvalue weighted by molar-refractivity contribution is 0.305. The van der Waals surface area contributed by atoms with E-state index in [1.165, 1.54) is 4.88 Å². The highest BCUT2D eigenvalue weighted by atomic mass is 32.1. The molecule has 0 spiro atoms. The molecule has 0 unspecified atom stereocenters. The lowest BCUT2D eigenvalue weighted by Crippen LogP contribution is -2.38. The van der Waals surface area contributed by atoms with Crippen molar-refractivity contribution in [2.75, 3.05) is 19.7 Å². The van der Waals surface area contributed by atoms with Gasteiger partial charge in [0.05, 0.1) is 23.9 Å². The Hall–Kier alpha value is -2.15. The maximum absolute atomic E-state index is 5.50. The molecule has 2 aromatic heterocycles. The smallest absolute Gasteiger partial charge is 0.213 e. The highest BCUT2D eigenvalue weighted by Gasteiger charge is 2.04. The number of pyridine rings is 1. The van der Waals surface area contributed by atoms with Gasteiger partial charge >= 0.3 is 0 Å². The summed E-state index contributed by atoms with van der Waals surface area (Å²) < 4.78 is 5.50. The number of nitrogens with zero attached hydrogens (tertiary/aromatic N) is 3. The van der Waals surface area contributed by atoms with Crippen LogP contribution in [0.4, 0.5) is 0 Å². The number of hydrogen-bond donors (Lipinski definition) is 2. The molecule has 0 bridgehead atoms. The van der Waals surface area contributed by atoms with Gasteiger partial charge in [0.2, 0.25) is 5.88 Å². The molecule has 2 rings (SSSR count). The summed E-state index contributed by atoms with van der Waals surface area (Å²) in [5.74, 6) is 1.47. The molecule has 2 aromatic rings. The van der Waals surface area contributed by atoms with Crippen molar-refractivity contribution < 1.29 is 4.74 Å². The van der Waals surface area contributed by atoms with Crippen molar-refractivity contribution in [2.24, 2.45) is 4.99 Å². The van der Waals surface area contributed by atoms with Gasteiger partial charge in [-0.05, 0) is 32.8 Å². The minimum absolute atomic E-state index is 0.575. The van der Waals surface area contributed by atoms with Gasteiger partial charge in [0.15, 0.2) is 5.96 Å². The van der Waals surface area contributed by atoms with Crippen LogP contribution in [0.5, 0.6) is 5.88 Å². The van der Waals surface area contributed by atoms with Crippen molar-refractivity contribution in [3.8, 4) is 5.88 Å². The van der Waals surface area contributed by atoms with E-state index in [1.807, 2.05) is 18.3 Å². The van der Waals surface area contributed by atoms with Gasteiger partial charge in [0.25, 0.3) is 0 Å². The molecule has 0 aliphatic rings. The number of hydrogen-bond acceptors (Lipinski definition) is 5. The second-order valence-corrected chi connectivity index (χ2v) is 7.26. The van der Waals surface area contributed by atoms with Crippen LogP contribution in [0.3, 0.4) is 0 Å². The Labute approximate surface area is 160 Å². The molecule has 0 aliphatic carbocycles. The first-order valence-electron chi connectivity index (χ1n) is 9.15. The van der Waals surface area contributed by atoms with Crippen LogP contribution in [0.25, 0.3) is 0 Å². The number of aliphatic imine (C=N–C) groups is 1. The zero-order valence-corrected chi connectivity index (χ0v) is 16.9. The summed E-state index contributed by atoms with van der Waals surface area (Å²) in [6.45, 7) is 11.2. The van der Waals surface area contributed by atoms with Crippen LogP contribution in [-0.4, -0.2) is 35.6 Å². The molecule has 2 heterocycles. The van der Waals surface area contributed by atoms with Crippen molar-refractivity contribution in [3.05, 3.63) is 39.5 Å². The molecule has 0 amide bonds. The van der Waals surface area contributed by atoms with Crippen LogP contribution in [0.2, 0.25) is 0 Å². The number of ether oxygens (including phenoxy) is 1. The minimum atomic E-state index is 0.575. The molecule has 0 saturated carbocycles. The third kappa shape index (κ3) is 6.63. The maximum Gasteiger partial charge on any atom is 0.213 e. The molecule has 142 valence electrons. The molecule has 0 atom stereocenters. The summed E-state index contributed by atoms with van der Waals surface area (Å²) in [6, 6.07) is 3.90. The molecule has 0 fully saturated rings. The average molecular weight is 376 g/mol. The number of rotatable bonds is 9. The molecule has 0 radical (unpaired) electrons. The van der Waals surface area contributed by atoms with Crippen molar-refractivity contribution in [2.45, 2.75) is 47.1 Å². The van der Waals surface area contributed by atoms with E-state index < -0.39 is 0 Å². The third-order valence-electron chi connectivity index (χ3n) is 3.72. The second-order valence-electron chi connectivity index (χ2n) is 5.97. The fourth-order valence-corrected chi connectivity index (χ4v) is 3.18. The summed E-state index contributed by atoms with van der Waals surface area (Å²) in [7, 11) is 0. The molecule has 0 aromatic carbocycles. The summed E-state index contributed by atoms with van der Waals surface area (Å²) >= 11 is 1.76. The molecule has 2 N–H and O–H groups in total. The standard InChI is InChI=1S/C19H29N5OS/c1-5-11-25-17-8-7-16(12-22-17)13-23-19(20-6-2)21-10-9-18-24-14(3)15(4)26-18/h7-8,12H,5-6,9-11,13H2,1-4H3,(H2,20,21,23).